The third kappa shape index (κ3) is 10.1. The largest absolute Gasteiger partial charge is 0.471 e. The number of hydrogen-bond donors (Lipinski definition) is 3. The van der Waals surface area contributed by atoms with Crippen LogP contribution in [-0.2, 0) is 37.0 Å². The third-order valence-corrected chi connectivity index (χ3v) is 12.8. The second-order valence-corrected chi connectivity index (χ2v) is 18.2. The van der Waals surface area contributed by atoms with Crippen LogP contribution in [0.1, 0.15) is 114 Å². The summed E-state index contributed by atoms with van der Waals surface area (Å²) in [6, 6.07) is 22.3. The molecular weight excluding hydrogens is 774 g/mol. The number of alkyl halides is 3. The number of carbonyl (C=O) groups excluding carboxylic acids is 3. The second-order valence-electron chi connectivity index (χ2n) is 18.2. The topological polar surface area (TPSA) is 120 Å². The lowest BCUT2D eigenvalue weighted by atomic mass is 9.75. The van der Waals surface area contributed by atoms with Gasteiger partial charge in [0.15, 0.2) is 6.29 Å². The van der Waals surface area contributed by atoms with Gasteiger partial charge in [-0.1, -0.05) is 86.5 Å². The number of rotatable bonds is 10. The number of aliphatic hydroxyl groups excluding tert-OH is 1. The van der Waals surface area contributed by atoms with E-state index in [-0.39, 0.29) is 61.7 Å². The molecule has 13 heteroatoms. The van der Waals surface area contributed by atoms with Crippen LogP contribution >= 0.6 is 0 Å². The first kappa shape index (κ1) is 43.8. The van der Waals surface area contributed by atoms with Crippen molar-refractivity contribution >= 4 is 17.7 Å². The van der Waals surface area contributed by atoms with Crippen LogP contribution in [0.25, 0.3) is 11.1 Å². The van der Waals surface area contributed by atoms with Crippen LogP contribution < -0.4 is 10.6 Å². The molecule has 3 heterocycles. The van der Waals surface area contributed by atoms with Crippen LogP contribution in [0.5, 0.6) is 0 Å². The first-order valence-corrected chi connectivity index (χ1v) is 21.5. The Kier molecular flexibility index (Phi) is 13.4. The maximum absolute atomic E-state index is 13.9. The van der Waals surface area contributed by atoms with E-state index in [2.05, 4.69) is 22.5 Å². The van der Waals surface area contributed by atoms with Gasteiger partial charge in [0, 0.05) is 42.7 Å². The summed E-state index contributed by atoms with van der Waals surface area (Å²) in [7, 11) is 0. The number of amides is 3. The van der Waals surface area contributed by atoms with Gasteiger partial charge in [-0.3, -0.25) is 19.3 Å². The monoisotopic (exact) mass is 832 g/mol. The Balaban J connectivity index is 1.09. The number of piperidine rings is 1. The minimum atomic E-state index is -5.03. The Morgan fingerprint density at radius 2 is 1.50 bits per heavy atom. The van der Waals surface area contributed by atoms with Gasteiger partial charge in [-0.2, -0.15) is 13.2 Å². The molecule has 0 bridgehead atoms. The summed E-state index contributed by atoms with van der Waals surface area (Å²) in [5.74, 6) is -2.02. The van der Waals surface area contributed by atoms with Crippen molar-refractivity contribution in [3.63, 3.8) is 0 Å². The summed E-state index contributed by atoms with van der Waals surface area (Å²) < 4.78 is 53.1. The molecule has 4 aliphatic rings. The number of fused-ring (bicyclic) bond motifs is 1. The van der Waals surface area contributed by atoms with E-state index in [0.29, 0.717) is 29.8 Å². The van der Waals surface area contributed by atoms with Crippen molar-refractivity contribution in [2.75, 3.05) is 13.1 Å². The molecule has 10 nitrogen and oxygen atoms in total. The van der Waals surface area contributed by atoms with Crippen LogP contribution in [0.3, 0.4) is 0 Å². The Morgan fingerprint density at radius 1 is 0.783 bits per heavy atom. The number of ether oxygens (including phenoxy) is 2. The van der Waals surface area contributed by atoms with Crippen molar-refractivity contribution in [3.8, 4) is 11.1 Å². The first-order valence-electron chi connectivity index (χ1n) is 21.5. The predicted octanol–water partition coefficient (Wildman–Crippen LogP) is 7.74. The van der Waals surface area contributed by atoms with Crippen molar-refractivity contribution in [1.82, 2.24) is 20.4 Å². The fourth-order valence-corrected chi connectivity index (χ4v) is 9.71. The zero-order valence-corrected chi connectivity index (χ0v) is 35.0. The molecule has 1 saturated carbocycles. The molecule has 60 heavy (non-hydrogen) atoms. The summed E-state index contributed by atoms with van der Waals surface area (Å²) >= 11 is 0. The molecule has 7 rings (SSSR count). The molecule has 4 fully saturated rings. The minimum Gasteiger partial charge on any atom is -0.392 e. The number of likely N-dealkylation sites (tertiary alicyclic amines) is 2. The molecule has 3 aliphatic heterocycles. The lowest BCUT2D eigenvalue weighted by molar-refractivity contribution is -0.278. The van der Waals surface area contributed by atoms with Gasteiger partial charge < -0.3 is 30.1 Å². The molecule has 3 amide bonds. The Morgan fingerprint density at radius 3 is 2.20 bits per heavy atom. The number of nitrogens with zero attached hydrogens (tertiary/aromatic N) is 2. The molecule has 3 aromatic rings. The number of halogens is 3. The van der Waals surface area contributed by atoms with Crippen LogP contribution in [0.15, 0.2) is 72.8 Å². The zero-order chi connectivity index (χ0) is 42.8. The molecule has 0 aromatic heterocycles. The van der Waals surface area contributed by atoms with Gasteiger partial charge in [-0.15, -0.1) is 0 Å². The highest BCUT2D eigenvalue weighted by molar-refractivity contribution is 5.90. The Bertz CT molecular complexity index is 1970. The van der Waals surface area contributed by atoms with Gasteiger partial charge in [0.2, 0.25) is 11.8 Å². The summed E-state index contributed by atoms with van der Waals surface area (Å²) in [6.07, 6.45) is 0.682. The smallest absolute Gasteiger partial charge is 0.392 e. The molecule has 0 unspecified atom stereocenters. The molecule has 0 radical (unpaired) electrons. The first-order chi connectivity index (χ1) is 28.6. The number of hydrogen-bond acceptors (Lipinski definition) is 7. The van der Waals surface area contributed by atoms with E-state index in [1.807, 2.05) is 93.6 Å². The molecule has 324 valence electrons. The van der Waals surface area contributed by atoms with E-state index in [9.17, 15) is 32.7 Å². The number of aliphatic hydroxyl groups is 1. The molecule has 1 aliphatic carbocycles. The zero-order valence-electron chi connectivity index (χ0n) is 35.0. The fourth-order valence-electron chi connectivity index (χ4n) is 9.71. The van der Waals surface area contributed by atoms with E-state index in [0.717, 1.165) is 59.1 Å². The molecular formula is C47H59F3N4O6. The van der Waals surface area contributed by atoms with Crippen molar-refractivity contribution in [2.24, 2.45) is 11.8 Å². The highest BCUT2D eigenvalue weighted by Crippen LogP contribution is 2.45. The number of carbonyl (C=O) groups is 3. The molecule has 3 N–H and O–H groups in total. The van der Waals surface area contributed by atoms with Gasteiger partial charge in [-0.05, 0) is 99.1 Å². The highest BCUT2D eigenvalue weighted by Gasteiger charge is 2.48. The van der Waals surface area contributed by atoms with Gasteiger partial charge in [0.25, 0.3) is 0 Å². The summed E-state index contributed by atoms with van der Waals surface area (Å²) in [4.78, 5) is 41.8. The molecule has 3 aromatic carbocycles. The van der Waals surface area contributed by atoms with Crippen LogP contribution in [0.2, 0.25) is 0 Å². The van der Waals surface area contributed by atoms with E-state index >= 15 is 0 Å². The molecule has 3 saturated heterocycles. The third-order valence-electron chi connectivity index (χ3n) is 12.8. The number of benzene rings is 3. The van der Waals surface area contributed by atoms with E-state index in [1.165, 1.54) is 12.8 Å². The summed E-state index contributed by atoms with van der Waals surface area (Å²) in [6.45, 7) is 8.75. The minimum absolute atomic E-state index is 0.0537. The van der Waals surface area contributed by atoms with Crippen LogP contribution in [0.4, 0.5) is 13.2 Å². The lowest BCUT2D eigenvalue weighted by Gasteiger charge is -2.51. The summed E-state index contributed by atoms with van der Waals surface area (Å²) in [5.41, 5.74) is 4.84. The quantitative estimate of drug-likeness (QED) is 0.191. The average Bonchev–Trinajstić information content (AvgIpc) is 3.73. The normalized spacial score (nSPS) is 27.6. The summed E-state index contributed by atoms with van der Waals surface area (Å²) in [5, 5.41) is 15.7. The molecule has 0 spiro atoms. The van der Waals surface area contributed by atoms with Crippen molar-refractivity contribution in [3.05, 3.63) is 95.1 Å². The number of nitrogens with one attached hydrogen (secondary N) is 2. The fraction of sp³-hybridized carbons (Fsp3) is 0.553. The maximum atomic E-state index is 13.9. The van der Waals surface area contributed by atoms with Crippen LogP contribution in [-0.4, -0.2) is 81.7 Å². The van der Waals surface area contributed by atoms with Gasteiger partial charge in [-0.25, -0.2) is 0 Å². The van der Waals surface area contributed by atoms with E-state index in [1.54, 1.807) is 0 Å². The van der Waals surface area contributed by atoms with Crippen molar-refractivity contribution < 1.29 is 42.1 Å². The van der Waals surface area contributed by atoms with E-state index in [4.69, 9.17) is 9.47 Å². The van der Waals surface area contributed by atoms with Gasteiger partial charge in [0.05, 0.1) is 24.9 Å². The highest BCUT2D eigenvalue weighted by atomic mass is 19.4. The predicted molar refractivity (Wildman–Crippen MR) is 221 cm³/mol. The van der Waals surface area contributed by atoms with Gasteiger partial charge in [0.1, 0.15) is 6.04 Å². The second kappa shape index (κ2) is 18.4. The SMILES string of the molecule is C[C@H]1[C@@H](CN2[C@@H](C(=O)NC(C)(C)C)CC[C@H]3CCCC[C@H]32)O[C@@H](c2ccc(-c3cccc(CNC(=O)[C@@H]4CCCN4C(=O)C(F)(F)F)c3)cc2)O[C@H]1c1ccc(CO)cc1. The average molecular weight is 833 g/mol. The Hall–Kier alpha value is -4.30. The maximum Gasteiger partial charge on any atom is 0.471 e. The van der Waals surface area contributed by atoms with Crippen LogP contribution in [0, 0.1) is 11.8 Å². The van der Waals surface area contributed by atoms with Crippen molar-refractivity contribution in [1.29, 1.82) is 0 Å². The standard InChI is InChI=1S/C47H59F3N4O6/c1-29-40(27-54-37-12-6-5-10-33(37)22-23-39(54)43(57)52-46(2,3)4)59-44(60-41(29)34-16-14-30(28-55)15-17-34)35-20-18-32(19-21-35)36-11-7-9-31(25-36)26-51-42(56)38-13-8-24-53(38)45(58)47(48,49)50/h7,9,11,14-21,25,29,33,37-41,44,55H,5-6,8,10,12-13,22-24,26-28H2,1-4H3,(H,51,56)(H,52,57)/t29-,33+,37+,38-,39+,40+,41+,44+/m0/s1. The van der Waals surface area contributed by atoms with Gasteiger partial charge >= 0.3 is 12.1 Å². The molecule has 8 atom stereocenters. The van der Waals surface area contributed by atoms with Crippen molar-refractivity contribution in [2.45, 2.75) is 141 Å². The van der Waals surface area contributed by atoms with E-state index < -0.39 is 30.3 Å². The lowest BCUT2D eigenvalue weighted by Crippen LogP contribution is -2.61. The Labute approximate surface area is 351 Å².